The van der Waals surface area contributed by atoms with Gasteiger partial charge in [-0.15, -0.1) is 0 Å². The minimum absolute atomic E-state index is 0.241. The zero-order chi connectivity index (χ0) is 18.4. The first kappa shape index (κ1) is 17.5. The summed E-state index contributed by atoms with van der Waals surface area (Å²) in [6.07, 6.45) is 4.10. The van der Waals surface area contributed by atoms with Crippen molar-refractivity contribution in [1.82, 2.24) is 9.97 Å². The van der Waals surface area contributed by atoms with Crippen LogP contribution in [0.25, 0.3) is 11.1 Å². The van der Waals surface area contributed by atoms with Gasteiger partial charge in [0.05, 0.1) is 15.7 Å². The average molecular weight is 388 g/mol. The standard InChI is InChI=1S/C19H19Cl2N5/c1-10-17(14-3-2-4-15(20)18(14)21)16(9-22)25-19(24-10)26-12-5-6-13(26)8-11(23)7-12/h2-4,11-13H,5-8,23H2,1H3/t11?,12-,13+. The van der Waals surface area contributed by atoms with Gasteiger partial charge in [0.25, 0.3) is 0 Å². The summed E-state index contributed by atoms with van der Waals surface area (Å²) in [5.41, 5.74) is 8.54. The number of aryl methyl sites for hydroxylation is 1. The van der Waals surface area contributed by atoms with Crippen LogP contribution in [0.3, 0.4) is 0 Å². The molecule has 2 aliphatic rings. The first-order chi connectivity index (χ1) is 12.5. The molecule has 2 N–H and O–H groups in total. The third-order valence-corrected chi connectivity index (χ3v) is 6.22. The van der Waals surface area contributed by atoms with Crippen molar-refractivity contribution in [3.63, 3.8) is 0 Å². The highest BCUT2D eigenvalue weighted by Gasteiger charge is 2.41. The molecular formula is C19H19Cl2N5. The van der Waals surface area contributed by atoms with Crippen molar-refractivity contribution in [2.45, 2.75) is 50.7 Å². The summed E-state index contributed by atoms with van der Waals surface area (Å²) in [6.45, 7) is 1.89. The molecule has 5 nitrogen and oxygen atoms in total. The second kappa shape index (κ2) is 6.70. The summed E-state index contributed by atoms with van der Waals surface area (Å²) in [6, 6.07) is 8.54. The number of benzene rings is 1. The minimum atomic E-state index is 0.241. The van der Waals surface area contributed by atoms with Gasteiger partial charge in [0, 0.05) is 29.3 Å². The lowest BCUT2D eigenvalue weighted by atomic mass is 9.98. The van der Waals surface area contributed by atoms with Crippen molar-refractivity contribution in [3.05, 3.63) is 39.6 Å². The number of nitrogens with two attached hydrogens (primary N) is 1. The molecule has 2 bridgehead atoms. The second-order valence-electron chi connectivity index (χ2n) is 7.07. The lowest BCUT2D eigenvalue weighted by molar-refractivity contribution is 0.409. The van der Waals surface area contributed by atoms with Crippen molar-refractivity contribution >= 4 is 29.2 Å². The minimum Gasteiger partial charge on any atom is -0.335 e. The first-order valence-electron chi connectivity index (χ1n) is 8.76. The van der Waals surface area contributed by atoms with E-state index < -0.39 is 0 Å². The Morgan fingerprint density at radius 1 is 1.19 bits per heavy atom. The van der Waals surface area contributed by atoms with Gasteiger partial charge in [0.2, 0.25) is 5.95 Å². The molecule has 0 amide bonds. The van der Waals surface area contributed by atoms with Crippen molar-refractivity contribution in [2.24, 2.45) is 5.73 Å². The zero-order valence-electron chi connectivity index (χ0n) is 14.4. The van der Waals surface area contributed by atoms with Gasteiger partial charge in [-0.2, -0.15) is 5.26 Å². The summed E-state index contributed by atoms with van der Waals surface area (Å²) >= 11 is 12.5. The number of hydrogen-bond acceptors (Lipinski definition) is 5. The highest BCUT2D eigenvalue weighted by atomic mass is 35.5. The number of nitriles is 1. The van der Waals surface area contributed by atoms with Gasteiger partial charge in [-0.25, -0.2) is 9.97 Å². The largest absolute Gasteiger partial charge is 0.335 e. The van der Waals surface area contributed by atoms with Crippen molar-refractivity contribution < 1.29 is 0 Å². The van der Waals surface area contributed by atoms with E-state index in [1.165, 1.54) is 0 Å². The molecule has 4 rings (SSSR count). The lowest BCUT2D eigenvalue weighted by Crippen LogP contribution is -2.48. The molecule has 1 unspecified atom stereocenters. The Hall–Kier alpha value is -1.87. The van der Waals surface area contributed by atoms with Crippen LogP contribution in [0.5, 0.6) is 0 Å². The van der Waals surface area contributed by atoms with E-state index in [0.717, 1.165) is 31.4 Å². The monoisotopic (exact) mass is 387 g/mol. The van der Waals surface area contributed by atoms with Crippen molar-refractivity contribution in [3.8, 4) is 17.2 Å². The molecule has 7 heteroatoms. The molecule has 0 saturated carbocycles. The van der Waals surface area contributed by atoms with E-state index >= 15 is 0 Å². The van der Waals surface area contributed by atoms with Gasteiger partial charge in [-0.1, -0.05) is 35.3 Å². The molecular weight excluding hydrogens is 369 g/mol. The third-order valence-electron chi connectivity index (χ3n) is 5.41. The molecule has 0 spiro atoms. The Labute approximate surface area is 162 Å². The number of hydrogen-bond donors (Lipinski definition) is 1. The Balaban J connectivity index is 1.81. The highest BCUT2D eigenvalue weighted by molar-refractivity contribution is 6.43. The smallest absolute Gasteiger partial charge is 0.227 e. The summed E-state index contributed by atoms with van der Waals surface area (Å²) in [4.78, 5) is 11.6. The summed E-state index contributed by atoms with van der Waals surface area (Å²) in [7, 11) is 0. The molecule has 3 atom stereocenters. The predicted octanol–water partition coefficient (Wildman–Crippen LogP) is 4.09. The van der Waals surface area contributed by atoms with Crippen LogP contribution in [-0.2, 0) is 0 Å². The van der Waals surface area contributed by atoms with Gasteiger partial charge in [0.1, 0.15) is 6.07 Å². The maximum absolute atomic E-state index is 9.72. The van der Waals surface area contributed by atoms with E-state index in [9.17, 15) is 5.26 Å². The fourth-order valence-corrected chi connectivity index (χ4v) is 4.71. The van der Waals surface area contributed by atoms with E-state index in [1.54, 1.807) is 6.07 Å². The van der Waals surface area contributed by atoms with Crippen LogP contribution < -0.4 is 10.6 Å². The third kappa shape index (κ3) is 2.83. The Bertz CT molecular complexity index is 894. The second-order valence-corrected chi connectivity index (χ2v) is 7.85. The quantitative estimate of drug-likeness (QED) is 0.839. The van der Waals surface area contributed by atoms with E-state index in [-0.39, 0.29) is 6.04 Å². The van der Waals surface area contributed by atoms with E-state index in [2.05, 4.69) is 16.0 Å². The predicted molar refractivity (Wildman–Crippen MR) is 103 cm³/mol. The number of aromatic nitrogens is 2. The van der Waals surface area contributed by atoms with Crippen LogP contribution in [0.1, 0.15) is 37.1 Å². The number of fused-ring (bicyclic) bond motifs is 2. The Morgan fingerprint density at radius 3 is 2.54 bits per heavy atom. The SMILES string of the molecule is Cc1nc(N2[C@@H]3CC[C@H]2CC(N)C3)nc(C#N)c1-c1cccc(Cl)c1Cl. The van der Waals surface area contributed by atoms with E-state index in [0.29, 0.717) is 44.9 Å². The van der Waals surface area contributed by atoms with Gasteiger partial charge < -0.3 is 10.6 Å². The molecule has 0 aliphatic carbocycles. The average Bonchev–Trinajstić information content (AvgIpc) is 2.88. The maximum atomic E-state index is 9.72. The first-order valence-corrected chi connectivity index (χ1v) is 9.52. The van der Waals surface area contributed by atoms with Crippen LogP contribution in [0.15, 0.2) is 18.2 Å². The highest BCUT2D eigenvalue weighted by Crippen LogP contribution is 2.40. The summed E-state index contributed by atoms with van der Waals surface area (Å²) in [5.74, 6) is 0.625. The van der Waals surface area contributed by atoms with Crippen LogP contribution in [0, 0.1) is 18.3 Å². The molecule has 2 aromatic rings. The number of piperidine rings is 1. The maximum Gasteiger partial charge on any atom is 0.227 e. The number of anilines is 1. The fraction of sp³-hybridized carbons (Fsp3) is 0.421. The summed E-state index contributed by atoms with van der Waals surface area (Å²) in [5, 5.41) is 10.6. The Kier molecular flexibility index (Phi) is 4.52. The molecule has 26 heavy (non-hydrogen) atoms. The van der Waals surface area contributed by atoms with Crippen LogP contribution in [0.2, 0.25) is 10.0 Å². The molecule has 3 heterocycles. The molecule has 2 saturated heterocycles. The zero-order valence-corrected chi connectivity index (χ0v) is 15.9. The van der Waals surface area contributed by atoms with Gasteiger partial charge in [-0.05, 0) is 38.7 Å². The van der Waals surface area contributed by atoms with Crippen LogP contribution in [-0.4, -0.2) is 28.1 Å². The van der Waals surface area contributed by atoms with Gasteiger partial charge in [0.15, 0.2) is 5.69 Å². The van der Waals surface area contributed by atoms with Crippen LogP contribution in [0.4, 0.5) is 5.95 Å². The lowest BCUT2D eigenvalue weighted by Gasteiger charge is -2.38. The molecule has 134 valence electrons. The molecule has 1 aromatic heterocycles. The number of nitrogens with zero attached hydrogens (tertiary/aromatic N) is 4. The van der Waals surface area contributed by atoms with Gasteiger partial charge in [-0.3, -0.25) is 0 Å². The molecule has 2 aliphatic heterocycles. The van der Waals surface area contributed by atoms with Crippen molar-refractivity contribution in [1.29, 1.82) is 5.26 Å². The van der Waals surface area contributed by atoms with Crippen LogP contribution >= 0.6 is 23.2 Å². The number of rotatable bonds is 2. The normalized spacial score (nSPS) is 24.6. The Morgan fingerprint density at radius 2 is 1.88 bits per heavy atom. The summed E-state index contributed by atoms with van der Waals surface area (Å²) < 4.78 is 0. The van der Waals surface area contributed by atoms with E-state index in [1.807, 2.05) is 19.1 Å². The fourth-order valence-electron chi connectivity index (χ4n) is 4.32. The van der Waals surface area contributed by atoms with Crippen molar-refractivity contribution in [2.75, 3.05) is 4.90 Å². The molecule has 1 aromatic carbocycles. The number of halogens is 2. The molecule has 2 fully saturated rings. The molecule has 0 radical (unpaired) electrons. The van der Waals surface area contributed by atoms with Gasteiger partial charge >= 0.3 is 0 Å². The van der Waals surface area contributed by atoms with E-state index in [4.69, 9.17) is 33.9 Å². The topological polar surface area (TPSA) is 78.8 Å².